The zero-order valence-electron chi connectivity index (χ0n) is 9.09. The maximum Gasteiger partial charge on any atom is 0.371 e. The van der Waals surface area contributed by atoms with Gasteiger partial charge in [-0.05, 0) is 12.1 Å². The first kappa shape index (κ1) is 13.7. The van der Waals surface area contributed by atoms with Crippen molar-refractivity contribution in [3.05, 3.63) is 23.7 Å². The van der Waals surface area contributed by atoms with E-state index < -0.39 is 31.3 Å². The van der Waals surface area contributed by atoms with Gasteiger partial charge in [-0.3, -0.25) is 5.32 Å². The Morgan fingerprint density at radius 2 is 1.82 bits per heavy atom. The minimum absolute atomic E-state index is 0.0922. The average Bonchev–Trinajstić information content (AvgIpc) is 2.81. The Morgan fingerprint density at radius 3 is 2.24 bits per heavy atom. The van der Waals surface area contributed by atoms with Gasteiger partial charge >= 0.3 is 5.97 Å². The zero-order valence-corrected chi connectivity index (χ0v) is 9.09. The third kappa shape index (κ3) is 3.27. The summed E-state index contributed by atoms with van der Waals surface area (Å²) in [4.78, 5) is 10.5. The highest BCUT2D eigenvalue weighted by Gasteiger charge is 2.27. The summed E-state index contributed by atoms with van der Waals surface area (Å²) in [5.41, 5.74) is -1.21. The Morgan fingerprint density at radius 1 is 1.24 bits per heavy atom. The summed E-state index contributed by atoms with van der Waals surface area (Å²) < 4.78 is 4.97. The SMILES string of the molecule is O=C(O)c1ccc(CNC(CO)(CO)CO)o1. The molecule has 5 N–H and O–H groups in total. The number of aromatic carboxylic acids is 1. The molecule has 7 heteroatoms. The second-order valence-electron chi connectivity index (χ2n) is 3.68. The molecule has 1 aromatic heterocycles. The van der Waals surface area contributed by atoms with E-state index in [1.807, 2.05) is 0 Å². The Hall–Kier alpha value is -1.41. The van der Waals surface area contributed by atoms with Crippen molar-refractivity contribution in [2.24, 2.45) is 0 Å². The molecule has 0 fully saturated rings. The number of carbonyl (C=O) groups is 1. The Bertz CT molecular complexity index is 362. The first-order valence-corrected chi connectivity index (χ1v) is 4.96. The number of hydrogen-bond donors (Lipinski definition) is 5. The predicted octanol–water partition coefficient (Wildman–Crippen LogP) is -1.22. The third-order valence-electron chi connectivity index (χ3n) is 2.42. The fourth-order valence-electron chi connectivity index (χ4n) is 1.18. The van der Waals surface area contributed by atoms with Crippen LogP contribution in [0.25, 0.3) is 0 Å². The highest BCUT2D eigenvalue weighted by Crippen LogP contribution is 2.10. The lowest BCUT2D eigenvalue weighted by Gasteiger charge is -2.28. The molecule has 0 unspecified atom stereocenters. The molecule has 0 amide bonds. The van der Waals surface area contributed by atoms with Crippen molar-refractivity contribution >= 4 is 5.97 Å². The number of rotatable bonds is 7. The van der Waals surface area contributed by atoms with Crippen LogP contribution in [-0.2, 0) is 6.54 Å². The Balaban J connectivity index is 2.62. The van der Waals surface area contributed by atoms with Gasteiger partial charge in [-0.25, -0.2) is 4.79 Å². The van der Waals surface area contributed by atoms with E-state index in [9.17, 15) is 4.79 Å². The molecule has 1 rings (SSSR count). The third-order valence-corrected chi connectivity index (χ3v) is 2.42. The largest absolute Gasteiger partial charge is 0.475 e. The molecule has 0 aliphatic rings. The summed E-state index contributed by atoms with van der Waals surface area (Å²) in [5, 5.41) is 38.5. The van der Waals surface area contributed by atoms with E-state index in [0.717, 1.165) is 0 Å². The van der Waals surface area contributed by atoms with Crippen LogP contribution in [0.15, 0.2) is 16.5 Å². The Labute approximate surface area is 97.3 Å². The average molecular weight is 245 g/mol. The lowest BCUT2D eigenvalue weighted by molar-refractivity contribution is 0.0399. The quantitative estimate of drug-likeness (QED) is 0.408. The van der Waals surface area contributed by atoms with Crippen molar-refractivity contribution in [1.29, 1.82) is 0 Å². The van der Waals surface area contributed by atoms with Crippen LogP contribution in [0, 0.1) is 0 Å². The van der Waals surface area contributed by atoms with Crippen molar-refractivity contribution in [3.8, 4) is 0 Å². The van der Waals surface area contributed by atoms with Crippen LogP contribution >= 0.6 is 0 Å². The van der Waals surface area contributed by atoms with Gasteiger partial charge in [0.1, 0.15) is 5.76 Å². The van der Waals surface area contributed by atoms with Crippen molar-refractivity contribution < 1.29 is 29.6 Å². The smallest absolute Gasteiger partial charge is 0.371 e. The standard InChI is InChI=1S/C10H15NO6/c12-4-10(5-13,6-14)11-3-7-1-2-8(17-7)9(15)16/h1-2,11-14H,3-6H2,(H,15,16). The molecule has 0 saturated heterocycles. The molecule has 0 aliphatic carbocycles. The van der Waals surface area contributed by atoms with Gasteiger partial charge in [0.15, 0.2) is 0 Å². The molecule has 17 heavy (non-hydrogen) atoms. The van der Waals surface area contributed by atoms with Crippen molar-refractivity contribution in [1.82, 2.24) is 5.32 Å². The highest BCUT2D eigenvalue weighted by atomic mass is 16.4. The van der Waals surface area contributed by atoms with Crippen LogP contribution in [0.1, 0.15) is 16.3 Å². The summed E-state index contributed by atoms with van der Waals surface area (Å²) in [6.45, 7) is -1.26. The lowest BCUT2D eigenvalue weighted by atomic mass is 10.0. The van der Waals surface area contributed by atoms with Crippen LogP contribution in [0.5, 0.6) is 0 Å². The summed E-state index contributed by atoms with van der Waals surface area (Å²) in [6.07, 6.45) is 0. The maximum atomic E-state index is 10.5. The van der Waals surface area contributed by atoms with Crippen LogP contribution < -0.4 is 5.32 Å². The monoisotopic (exact) mass is 245 g/mol. The fraction of sp³-hybridized carbons (Fsp3) is 0.500. The fourth-order valence-corrected chi connectivity index (χ4v) is 1.18. The molecule has 0 spiro atoms. The van der Waals surface area contributed by atoms with E-state index in [1.165, 1.54) is 12.1 Å². The topological polar surface area (TPSA) is 123 Å². The van der Waals surface area contributed by atoms with Crippen LogP contribution in [-0.4, -0.2) is 51.8 Å². The van der Waals surface area contributed by atoms with E-state index in [1.54, 1.807) is 0 Å². The second kappa shape index (κ2) is 5.78. The van der Waals surface area contributed by atoms with Gasteiger partial charge in [0, 0.05) is 0 Å². The first-order chi connectivity index (χ1) is 8.06. The van der Waals surface area contributed by atoms with Crippen LogP contribution in [0.2, 0.25) is 0 Å². The van der Waals surface area contributed by atoms with Gasteiger partial charge in [0.05, 0.1) is 31.9 Å². The summed E-state index contributed by atoms with van der Waals surface area (Å²) in [5.74, 6) is -1.03. The molecular weight excluding hydrogens is 230 g/mol. The maximum absolute atomic E-state index is 10.5. The molecule has 0 aromatic carbocycles. The van der Waals surface area contributed by atoms with Crippen molar-refractivity contribution in [2.75, 3.05) is 19.8 Å². The number of furan rings is 1. The van der Waals surface area contributed by atoms with Gasteiger partial charge in [0.25, 0.3) is 0 Å². The number of carboxylic acids is 1. The van der Waals surface area contributed by atoms with Crippen molar-refractivity contribution in [3.63, 3.8) is 0 Å². The number of carboxylic acid groups (broad SMARTS) is 1. The minimum Gasteiger partial charge on any atom is -0.475 e. The van der Waals surface area contributed by atoms with E-state index >= 15 is 0 Å². The van der Waals surface area contributed by atoms with Gasteiger partial charge in [-0.2, -0.15) is 0 Å². The summed E-state index contributed by atoms with van der Waals surface area (Å²) in [6, 6.07) is 2.77. The van der Waals surface area contributed by atoms with Crippen LogP contribution in [0.4, 0.5) is 0 Å². The van der Waals surface area contributed by atoms with Crippen LogP contribution in [0.3, 0.4) is 0 Å². The molecule has 0 radical (unpaired) electrons. The van der Waals surface area contributed by atoms with Gasteiger partial charge in [-0.15, -0.1) is 0 Å². The van der Waals surface area contributed by atoms with E-state index in [4.69, 9.17) is 24.8 Å². The molecule has 1 aromatic rings. The lowest BCUT2D eigenvalue weighted by Crippen LogP contribution is -2.54. The molecule has 0 bridgehead atoms. The van der Waals surface area contributed by atoms with Gasteiger partial charge in [-0.1, -0.05) is 0 Å². The molecular formula is C10H15NO6. The van der Waals surface area contributed by atoms with E-state index in [2.05, 4.69) is 5.32 Å². The number of aliphatic hydroxyl groups is 3. The molecule has 1 heterocycles. The van der Waals surface area contributed by atoms with Gasteiger partial charge < -0.3 is 24.8 Å². The zero-order chi connectivity index (χ0) is 12.9. The molecule has 0 aliphatic heterocycles. The first-order valence-electron chi connectivity index (χ1n) is 4.96. The summed E-state index contributed by atoms with van der Waals surface area (Å²) >= 11 is 0. The minimum atomic E-state index is -1.21. The van der Waals surface area contributed by atoms with E-state index in [-0.39, 0.29) is 12.3 Å². The molecule has 0 atom stereocenters. The summed E-state index contributed by atoms with van der Waals surface area (Å²) in [7, 11) is 0. The second-order valence-corrected chi connectivity index (χ2v) is 3.68. The normalized spacial score (nSPS) is 11.7. The highest BCUT2D eigenvalue weighted by molar-refractivity contribution is 5.84. The number of hydrogen-bond acceptors (Lipinski definition) is 6. The molecule has 0 saturated carbocycles. The Kier molecular flexibility index (Phi) is 4.64. The van der Waals surface area contributed by atoms with E-state index in [0.29, 0.717) is 5.76 Å². The number of aliphatic hydroxyl groups excluding tert-OH is 3. The van der Waals surface area contributed by atoms with Crippen molar-refractivity contribution in [2.45, 2.75) is 12.1 Å². The molecule has 7 nitrogen and oxygen atoms in total. The molecule has 96 valence electrons. The number of nitrogens with one attached hydrogen (secondary N) is 1. The van der Waals surface area contributed by atoms with Gasteiger partial charge in [0.2, 0.25) is 5.76 Å². The predicted molar refractivity (Wildman–Crippen MR) is 56.5 cm³/mol.